The number of rotatable bonds is 9. The van der Waals surface area contributed by atoms with Crippen LogP contribution < -0.4 is 15.2 Å². The van der Waals surface area contributed by atoms with Crippen LogP contribution in [0.2, 0.25) is 0 Å². The molecule has 3 aromatic carbocycles. The second kappa shape index (κ2) is 9.91. The summed E-state index contributed by atoms with van der Waals surface area (Å²) in [6.07, 6.45) is -0.0953. The Bertz CT molecular complexity index is 1020. The van der Waals surface area contributed by atoms with Gasteiger partial charge in [0.2, 0.25) is 0 Å². The first-order chi connectivity index (χ1) is 14.5. The van der Waals surface area contributed by atoms with Crippen LogP contribution in [0, 0.1) is 0 Å². The van der Waals surface area contributed by atoms with Crippen molar-refractivity contribution in [3.8, 4) is 22.6 Å². The maximum atomic E-state index is 11.1. The third-order valence-corrected chi connectivity index (χ3v) is 4.79. The van der Waals surface area contributed by atoms with E-state index < -0.39 is 12.0 Å². The van der Waals surface area contributed by atoms with Crippen molar-refractivity contribution in [1.82, 2.24) is 0 Å². The van der Waals surface area contributed by atoms with E-state index in [-0.39, 0.29) is 19.6 Å². The average Bonchev–Trinajstić information content (AvgIpc) is 2.77. The van der Waals surface area contributed by atoms with E-state index in [0.717, 1.165) is 22.3 Å². The van der Waals surface area contributed by atoms with Gasteiger partial charge >= 0.3 is 5.97 Å². The number of benzene rings is 3. The molecule has 0 aliphatic rings. The molecule has 0 radical (unpaired) electrons. The maximum absolute atomic E-state index is 11.1. The molecule has 0 aliphatic heterocycles. The van der Waals surface area contributed by atoms with Gasteiger partial charge in [0.15, 0.2) is 0 Å². The Balaban J connectivity index is 1.87. The third-order valence-electron chi connectivity index (χ3n) is 4.79. The Labute approximate surface area is 175 Å². The Morgan fingerprint density at radius 3 is 2.57 bits per heavy atom. The molecule has 3 aromatic rings. The average molecular weight is 407 g/mol. The summed E-state index contributed by atoms with van der Waals surface area (Å²) in [5.74, 6) is 0.353. The van der Waals surface area contributed by atoms with Gasteiger partial charge < -0.3 is 25.4 Å². The topological polar surface area (TPSA) is 102 Å². The molecule has 0 aromatic heterocycles. The number of aliphatic hydroxyl groups excluding tert-OH is 1. The molecule has 3 rings (SSSR count). The van der Waals surface area contributed by atoms with Crippen LogP contribution in [0.3, 0.4) is 0 Å². The van der Waals surface area contributed by atoms with Crippen LogP contribution in [0.25, 0.3) is 11.1 Å². The highest BCUT2D eigenvalue weighted by Crippen LogP contribution is 2.32. The molecule has 0 spiro atoms. The Morgan fingerprint density at radius 1 is 1.03 bits per heavy atom. The third kappa shape index (κ3) is 5.17. The fourth-order valence-electron chi connectivity index (χ4n) is 3.23. The van der Waals surface area contributed by atoms with Gasteiger partial charge in [-0.3, -0.25) is 4.79 Å². The van der Waals surface area contributed by atoms with E-state index in [4.69, 9.17) is 20.3 Å². The monoisotopic (exact) mass is 407 g/mol. The van der Waals surface area contributed by atoms with E-state index >= 15 is 0 Å². The van der Waals surface area contributed by atoms with Gasteiger partial charge in [0.25, 0.3) is 0 Å². The Kier molecular flexibility index (Phi) is 7.06. The maximum Gasteiger partial charge on any atom is 0.307 e. The molecule has 0 bridgehead atoms. The summed E-state index contributed by atoms with van der Waals surface area (Å²) in [5, 5.41) is 18.4. The number of ether oxygens (including phenoxy) is 2. The lowest BCUT2D eigenvalue weighted by Crippen LogP contribution is -2.14. The normalized spacial score (nSPS) is 11.7. The zero-order valence-electron chi connectivity index (χ0n) is 16.7. The molecular weight excluding hydrogens is 382 g/mol. The molecule has 1 atom stereocenters. The van der Waals surface area contributed by atoms with Gasteiger partial charge in [0.1, 0.15) is 18.1 Å². The minimum atomic E-state index is -0.904. The van der Waals surface area contributed by atoms with Crippen molar-refractivity contribution in [3.05, 3.63) is 83.4 Å². The zero-order chi connectivity index (χ0) is 21.5. The van der Waals surface area contributed by atoms with Gasteiger partial charge in [-0.15, -0.1) is 0 Å². The molecule has 156 valence electrons. The van der Waals surface area contributed by atoms with Crippen molar-refractivity contribution >= 4 is 5.97 Å². The number of carboxylic acids is 1. The van der Waals surface area contributed by atoms with Gasteiger partial charge in [-0.25, -0.2) is 0 Å². The fourth-order valence-corrected chi connectivity index (χ4v) is 3.23. The predicted octanol–water partition coefficient (Wildman–Crippen LogP) is 3.56. The van der Waals surface area contributed by atoms with Crippen molar-refractivity contribution in [2.24, 2.45) is 5.73 Å². The second-order valence-corrected chi connectivity index (χ2v) is 6.92. The highest BCUT2D eigenvalue weighted by atomic mass is 16.5. The number of aliphatic hydroxyl groups is 1. The zero-order valence-corrected chi connectivity index (χ0v) is 16.7. The number of hydrogen-bond acceptors (Lipinski definition) is 5. The Morgan fingerprint density at radius 2 is 1.83 bits per heavy atom. The summed E-state index contributed by atoms with van der Waals surface area (Å²) < 4.78 is 11.4. The number of methoxy groups -OCH3 is 1. The molecule has 30 heavy (non-hydrogen) atoms. The summed E-state index contributed by atoms with van der Waals surface area (Å²) in [7, 11) is 1.61. The van der Waals surface area contributed by atoms with Crippen LogP contribution in [-0.2, 0) is 17.8 Å². The number of para-hydroxylation sites is 1. The van der Waals surface area contributed by atoms with Crippen molar-refractivity contribution in [3.63, 3.8) is 0 Å². The van der Waals surface area contributed by atoms with Gasteiger partial charge in [-0.2, -0.15) is 0 Å². The van der Waals surface area contributed by atoms with Crippen LogP contribution in [0.5, 0.6) is 11.5 Å². The quantitative estimate of drug-likeness (QED) is 0.501. The SMILES string of the molecule is COc1ccc(COc2ccccc2CC(=O)O)cc1-c1cccc(C(N)CO)c1. The number of carbonyl (C=O) groups is 1. The van der Waals surface area contributed by atoms with Crippen molar-refractivity contribution in [2.75, 3.05) is 13.7 Å². The molecular formula is C24H25NO5. The van der Waals surface area contributed by atoms with Crippen LogP contribution in [0.15, 0.2) is 66.7 Å². The first-order valence-electron chi connectivity index (χ1n) is 9.58. The lowest BCUT2D eigenvalue weighted by Gasteiger charge is -2.15. The molecule has 4 N–H and O–H groups in total. The second-order valence-electron chi connectivity index (χ2n) is 6.92. The van der Waals surface area contributed by atoms with E-state index in [1.54, 1.807) is 25.3 Å². The first kappa shape index (κ1) is 21.4. The van der Waals surface area contributed by atoms with Gasteiger partial charge in [0.05, 0.1) is 26.2 Å². The molecule has 6 heteroatoms. The summed E-state index contributed by atoms with van der Waals surface area (Å²) >= 11 is 0. The lowest BCUT2D eigenvalue weighted by molar-refractivity contribution is -0.136. The fraction of sp³-hybridized carbons (Fsp3) is 0.208. The van der Waals surface area contributed by atoms with E-state index in [0.29, 0.717) is 17.1 Å². The molecule has 0 aliphatic carbocycles. The van der Waals surface area contributed by atoms with Gasteiger partial charge in [-0.1, -0.05) is 42.5 Å². The summed E-state index contributed by atoms with van der Waals surface area (Å²) in [6.45, 7) is 0.147. The molecule has 1 unspecified atom stereocenters. The standard InChI is InChI=1S/C24H25NO5/c1-29-23-10-9-16(15-30-22-8-3-2-5-19(22)13-24(27)28)11-20(23)17-6-4-7-18(12-17)21(25)14-26/h2-12,21,26H,13-15,25H2,1H3,(H,27,28). The Hall–Kier alpha value is -3.35. The predicted molar refractivity (Wildman–Crippen MR) is 115 cm³/mol. The lowest BCUT2D eigenvalue weighted by atomic mass is 9.98. The van der Waals surface area contributed by atoms with Crippen LogP contribution >= 0.6 is 0 Å². The van der Waals surface area contributed by atoms with Crippen molar-refractivity contribution < 1.29 is 24.5 Å². The van der Waals surface area contributed by atoms with Gasteiger partial charge in [0, 0.05) is 11.1 Å². The number of carboxylic acid groups (broad SMARTS) is 1. The van der Waals surface area contributed by atoms with E-state index in [2.05, 4.69) is 0 Å². The largest absolute Gasteiger partial charge is 0.496 e. The highest BCUT2D eigenvalue weighted by Gasteiger charge is 2.12. The number of aliphatic carboxylic acids is 1. The summed E-state index contributed by atoms with van der Waals surface area (Å²) in [4.78, 5) is 11.1. The van der Waals surface area contributed by atoms with Crippen LogP contribution in [0.4, 0.5) is 0 Å². The number of nitrogens with two attached hydrogens (primary N) is 1. The number of hydrogen-bond donors (Lipinski definition) is 3. The smallest absolute Gasteiger partial charge is 0.307 e. The molecule has 0 fully saturated rings. The minimum Gasteiger partial charge on any atom is -0.496 e. The molecule has 0 saturated heterocycles. The molecule has 0 saturated carbocycles. The summed E-state index contributed by atoms with van der Waals surface area (Å²) in [6, 6.07) is 20.1. The van der Waals surface area contributed by atoms with Crippen LogP contribution in [0.1, 0.15) is 22.7 Å². The highest BCUT2D eigenvalue weighted by molar-refractivity contribution is 5.72. The minimum absolute atomic E-state index is 0.0953. The van der Waals surface area contributed by atoms with Gasteiger partial charge in [-0.05, 0) is 41.0 Å². The van der Waals surface area contributed by atoms with Crippen LogP contribution in [-0.4, -0.2) is 29.9 Å². The molecule has 0 amide bonds. The van der Waals surface area contributed by atoms with E-state index in [1.807, 2.05) is 48.5 Å². The molecule has 6 nitrogen and oxygen atoms in total. The van der Waals surface area contributed by atoms with Crippen molar-refractivity contribution in [2.45, 2.75) is 19.1 Å². The summed E-state index contributed by atoms with van der Waals surface area (Å²) in [5.41, 5.74) is 10.1. The molecule has 0 heterocycles. The van der Waals surface area contributed by atoms with Crippen molar-refractivity contribution in [1.29, 1.82) is 0 Å². The van der Waals surface area contributed by atoms with E-state index in [9.17, 15) is 9.90 Å². The first-order valence-corrected chi connectivity index (χ1v) is 9.58. The van der Waals surface area contributed by atoms with E-state index in [1.165, 1.54) is 0 Å².